The van der Waals surface area contributed by atoms with E-state index in [4.69, 9.17) is 4.42 Å². The van der Waals surface area contributed by atoms with E-state index in [9.17, 15) is 0 Å². The maximum Gasteiger partial charge on any atom is 0.152 e. The molecular weight excluding hydrogens is 276 g/mol. The molecule has 0 radical (unpaired) electrons. The van der Waals surface area contributed by atoms with Gasteiger partial charge in [0.25, 0.3) is 0 Å². The maximum absolute atomic E-state index is 5.69. The first-order chi connectivity index (χ1) is 10.8. The highest BCUT2D eigenvalue weighted by molar-refractivity contribution is 5.56. The number of rotatable bonds is 6. The Kier molecular flexibility index (Phi) is 4.95. The lowest BCUT2D eigenvalue weighted by Gasteiger charge is -2.31. The number of hydrogen-bond donors (Lipinski definition) is 2. The molecular formula is C17H26N4O. The number of aromatic nitrogens is 2. The summed E-state index contributed by atoms with van der Waals surface area (Å²) in [6.45, 7) is 9.75. The van der Waals surface area contributed by atoms with Gasteiger partial charge in [0.2, 0.25) is 0 Å². The molecule has 1 aliphatic heterocycles. The van der Waals surface area contributed by atoms with Gasteiger partial charge in [-0.1, -0.05) is 6.92 Å². The van der Waals surface area contributed by atoms with Crippen molar-refractivity contribution in [1.82, 2.24) is 20.4 Å². The minimum absolute atomic E-state index is 0.759. The predicted octanol–water partition coefficient (Wildman–Crippen LogP) is 2.80. The molecule has 2 aromatic heterocycles. The molecule has 0 saturated carbocycles. The van der Waals surface area contributed by atoms with Gasteiger partial charge in [-0.05, 0) is 57.5 Å². The fraction of sp³-hybridized carbons (Fsp3) is 0.588. The maximum atomic E-state index is 5.69. The molecule has 0 bridgehead atoms. The first kappa shape index (κ1) is 15.3. The zero-order valence-electron chi connectivity index (χ0n) is 13.6. The minimum atomic E-state index is 0.759. The SMILES string of the molecule is CCN1CCC[C@@H](CNCc2cn[nH]c2-c2ccc(C)o2)C1. The van der Waals surface area contributed by atoms with Crippen LogP contribution in [0.5, 0.6) is 0 Å². The van der Waals surface area contributed by atoms with E-state index < -0.39 is 0 Å². The first-order valence-corrected chi connectivity index (χ1v) is 8.28. The van der Waals surface area contributed by atoms with E-state index in [1.54, 1.807) is 0 Å². The lowest BCUT2D eigenvalue weighted by atomic mass is 9.98. The van der Waals surface area contributed by atoms with Crippen molar-refractivity contribution in [2.75, 3.05) is 26.2 Å². The molecule has 1 atom stereocenters. The van der Waals surface area contributed by atoms with Crippen LogP contribution in [0.3, 0.4) is 0 Å². The summed E-state index contributed by atoms with van der Waals surface area (Å²) in [5.74, 6) is 2.54. The number of piperidine rings is 1. The molecule has 1 aliphatic rings. The van der Waals surface area contributed by atoms with Crippen molar-refractivity contribution in [2.24, 2.45) is 5.92 Å². The van der Waals surface area contributed by atoms with Crippen molar-refractivity contribution < 1.29 is 4.42 Å². The van der Waals surface area contributed by atoms with Gasteiger partial charge in [-0.3, -0.25) is 5.10 Å². The lowest BCUT2D eigenvalue weighted by molar-refractivity contribution is 0.180. The van der Waals surface area contributed by atoms with E-state index in [2.05, 4.69) is 27.3 Å². The third kappa shape index (κ3) is 3.59. The highest BCUT2D eigenvalue weighted by Gasteiger charge is 2.18. The van der Waals surface area contributed by atoms with Crippen LogP contribution in [0.2, 0.25) is 0 Å². The van der Waals surface area contributed by atoms with E-state index >= 15 is 0 Å². The largest absolute Gasteiger partial charge is 0.460 e. The van der Waals surface area contributed by atoms with Gasteiger partial charge in [0.1, 0.15) is 11.5 Å². The van der Waals surface area contributed by atoms with E-state index in [1.807, 2.05) is 25.3 Å². The summed E-state index contributed by atoms with van der Waals surface area (Å²) in [4.78, 5) is 2.55. The number of aryl methyl sites for hydroxylation is 1. The molecule has 3 rings (SSSR count). The second-order valence-electron chi connectivity index (χ2n) is 6.21. The minimum Gasteiger partial charge on any atom is -0.460 e. The van der Waals surface area contributed by atoms with Crippen LogP contribution in [0.25, 0.3) is 11.5 Å². The lowest BCUT2D eigenvalue weighted by Crippen LogP contribution is -2.39. The number of likely N-dealkylation sites (tertiary alicyclic amines) is 1. The highest BCUT2D eigenvalue weighted by atomic mass is 16.3. The summed E-state index contributed by atoms with van der Waals surface area (Å²) >= 11 is 0. The van der Waals surface area contributed by atoms with Gasteiger partial charge in [0.05, 0.1) is 6.20 Å². The first-order valence-electron chi connectivity index (χ1n) is 8.28. The number of H-pyrrole nitrogens is 1. The van der Waals surface area contributed by atoms with Gasteiger partial charge >= 0.3 is 0 Å². The van der Waals surface area contributed by atoms with Crippen LogP contribution in [-0.2, 0) is 6.54 Å². The zero-order valence-corrected chi connectivity index (χ0v) is 13.6. The Balaban J connectivity index is 1.53. The second kappa shape index (κ2) is 7.11. The van der Waals surface area contributed by atoms with Gasteiger partial charge < -0.3 is 14.6 Å². The van der Waals surface area contributed by atoms with E-state index in [0.29, 0.717) is 0 Å². The molecule has 5 nitrogen and oxygen atoms in total. The Morgan fingerprint density at radius 3 is 3.14 bits per heavy atom. The Morgan fingerprint density at radius 1 is 1.45 bits per heavy atom. The quantitative estimate of drug-likeness (QED) is 0.861. The van der Waals surface area contributed by atoms with Crippen molar-refractivity contribution in [3.8, 4) is 11.5 Å². The van der Waals surface area contributed by atoms with Gasteiger partial charge in [-0.15, -0.1) is 0 Å². The van der Waals surface area contributed by atoms with Crippen molar-refractivity contribution in [3.63, 3.8) is 0 Å². The summed E-state index contributed by atoms with van der Waals surface area (Å²) < 4.78 is 5.69. The molecule has 0 unspecified atom stereocenters. The summed E-state index contributed by atoms with van der Waals surface area (Å²) in [5, 5.41) is 10.8. The number of aromatic amines is 1. The fourth-order valence-electron chi connectivity index (χ4n) is 3.24. The van der Waals surface area contributed by atoms with Gasteiger partial charge in [-0.25, -0.2) is 0 Å². The third-order valence-electron chi connectivity index (χ3n) is 4.50. The highest BCUT2D eigenvalue weighted by Crippen LogP contribution is 2.23. The van der Waals surface area contributed by atoms with E-state index in [-0.39, 0.29) is 0 Å². The summed E-state index contributed by atoms with van der Waals surface area (Å²) in [6.07, 6.45) is 4.54. The Bertz CT molecular complexity index is 589. The molecule has 0 aliphatic carbocycles. The van der Waals surface area contributed by atoms with Crippen LogP contribution >= 0.6 is 0 Å². The van der Waals surface area contributed by atoms with Crippen LogP contribution in [0, 0.1) is 12.8 Å². The molecule has 0 spiro atoms. The number of nitrogens with zero attached hydrogens (tertiary/aromatic N) is 2. The summed E-state index contributed by atoms with van der Waals surface area (Å²) in [7, 11) is 0. The van der Waals surface area contributed by atoms with Crippen LogP contribution < -0.4 is 5.32 Å². The van der Waals surface area contributed by atoms with E-state index in [0.717, 1.165) is 41.8 Å². The molecule has 1 fully saturated rings. The molecule has 2 aromatic rings. The molecule has 0 amide bonds. The Hall–Kier alpha value is -1.59. The van der Waals surface area contributed by atoms with E-state index in [1.165, 1.54) is 32.5 Å². The number of furan rings is 1. The van der Waals surface area contributed by atoms with Gasteiger partial charge in [0.15, 0.2) is 5.76 Å². The fourth-order valence-corrected chi connectivity index (χ4v) is 3.24. The Morgan fingerprint density at radius 2 is 2.36 bits per heavy atom. The average Bonchev–Trinajstić information content (AvgIpc) is 3.16. The van der Waals surface area contributed by atoms with Crippen molar-refractivity contribution in [1.29, 1.82) is 0 Å². The predicted molar refractivity (Wildman–Crippen MR) is 87.6 cm³/mol. The van der Waals surface area contributed by atoms with Crippen molar-refractivity contribution in [3.05, 3.63) is 29.7 Å². The van der Waals surface area contributed by atoms with Crippen LogP contribution in [0.15, 0.2) is 22.7 Å². The average molecular weight is 302 g/mol. The van der Waals surface area contributed by atoms with Gasteiger partial charge in [0, 0.05) is 18.7 Å². The molecule has 120 valence electrons. The second-order valence-corrected chi connectivity index (χ2v) is 6.21. The number of nitrogens with one attached hydrogen (secondary N) is 2. The van der Waals surface area contributed by atoms with Crippen LogP contribution in [-0.4, -0.2) is 41.3 Å². The molecule has 0 aromatic carbocycles. The molecule has 5 heteroatoms. The monoisotopic (exact) mass is 302 g/mol. The molecule has 1 saturated heterocycles. The molecule has 22 heavy (non-hydrogen) atoms. The smallest absolute Gasteiger partial charge is 0.152 e. The van der Waals surface area contributed by atoms with Crippen molar-refractivity contribution >= 4 is 0 Å². The normalized spacial score (nSPS) is 19.6. The zero-order chi connectivity index (χ0) is 15.4. The van der Waals surface area contributed by atoms with Crippen molar-refractivity contribution in [2.45, 2.75) is 33.2 Å². The number of hydrogen-bond acceptors (Lipinski definition) is 4. The summed E-state index contributed by atoms with van der Waals surface area (Å²) in [5.41, 5.74) is 2.15. The summed E-state index contributed by atoms with van der Waals surface area (Å²) in [6, 6.07) is 3.97. The van der Waals surface area contributed by atoms with Crippen LogP contribution in [0.1, 0.15) is 31.1 Å². The van der Waals surface area contributed by atoms with Crippen LogP contribution in [0.4, 0.5) is 0 Å². The topological polar surface area (TPSA) is 57.1 Å². The Labute approximate surface area is 132 Å². The third-order valence-corrected chi connectivity index (χ3v) is 4.50. The molecule has 2 N–H and O–H groups in total. The standard InChI is InChI=1S/C17H26N4O/c1-3-21-8-4-5-14(12-21)9-18-10-15-11-19-20-17(15)16-7-6-13(2)22-16/h6-7,11,14,18H,3-5,8-10,12H2,1-2H3,(H,19,20)/t14-/m0/s1. The molecule has 3 heterocycles. The van der Waals surface area contributed by atoms with Gasteiger partial charge in [-0.2, -0.15) is 5.10 Å².